The fourth-order valence-electron chi connectivity index (χ4n) is 12.9. The highest BCUT2D eigenvalue weighted by atomic mass is 15.2. The van der Waals surface area contributed by atoms with Crippen LogP contribution >= 0.6 is 0 Å². The number of rotatable bonds is 4. The van der Waals surface area contributed by atoms with Gasteiger partial charge in [0.2, 0.25) is 0 Å². The van der Waals surface area contributed by atoms with Gasteiger partial charge in [-0.25, -0.2) is 0 Å². The molecule has 0 atom stereocenters. The Hall–Kier alpha value is -5.80. The van der Waals surface area contributed by atoms with Crippen LogP contribution in [0.25, 0.3) is 22.3 Å². The normalized spacial score (nSPS) is 18.9. The number of nitrogens with zero attached hydrogens (tertiary/aromatic N) is 2. The minimum absolute atomic E-state index is 0.0353. The van der Waals surface area contributed by atoms with E-state index in [1.807, 2.05) is 12.1 Å². The SMILES string of the molecule is [2H]C([2H])([2H])c1cc2c3c(c1)N(c1cc(-c4ccccc4)c(C(C)(C)C)cc1-c1ccccc1)c1ccc(C(C)(C)C)cc1B3c1cc3c(cc1N2c1ccc2c(c1)C(C)(C)CCC2(C)C)C(C)(C)CCC3(C)C. The van der Waals surface area contributed by atoms with Gasteiger partial charge in [-0.15, -0.1) is 0 Å². The van der Waals surface area contributed by atoms with Crippen LogP contribution in [0.5, 0.6) is 0 Å². The van der Waals surface area contributed by atoms with Gasteiger partial charge in [-0.2, -0.15) is 0 Å². The topological polar surface area (TPSA) is 6.48 Å². The highest BCUT2D eigenvalue weighted by Crippen LogP contribution is 2.54. The van der Waals surface area contributed by atoms with E-state index in [1.54, 1.807) is 0 Å². The Bertz CT molecular complexity index is 3360. The highest BCUT2D eigenvalue weighted by molar-refractivity contribution is 7.00. The van der Waals surface area contributed by atoms with Crippen LogP contribution in [0.4, 0.5) is 34.1 Å². The summed E-state index contributed by atoms with van der Waals surface area (Å²) in [5.74, 6) is 0. The molecule has 0 unspecified atom stereocenters. The monoisotopic (exact) mass is 922 g/mol. The molecule has 356 valence electrons. The van der Waals surface area contributed by atoms with Gasteiger partial charge in [0.25, 0.3) is 6.71 Å². The zero-order chi connectivity index (χ0) is 52.2. The molecule has 0 fully saturated rings. The molecular formula is C67H75BN2. The van der Waals surface area contributed by atoms with Gasteiger partial charge >= 0.3 is 0 Å². The quantitative estimate of drug-likeness (QED) is 0.162. The summed E-state index contributed by atoms with van der Waals surface area (Å²) in [4.78, 5) is 4.95. The Balaban J connectivity index is 1.32. The molecule has 2 aliphatic carbocycles. The van der Waals surface area contributed by atoms with Crippen molar-refractivity contribution in [2.75, 3.05) is 9.80 Å². The van der Waals surface area contributed by atoms with Gasteiger partial charge in [0.15, 0.2) is 0 Å². The summed E-state index contributed by atoms with van der Waals surface area (Å²) in [7, 11) is 0. The Kier molecular flexibility index (Phi) is 9.59. The molecular weight excluding hydrogens is 844 g/mol. The van der Waals surface area contributed by atoms with Crippen molar-refractivity contribution in [3.63, 3.8) is 0 Å². The highest BCUT2D eigenvalue weighted by Gasteiger charge is 2.48. The van der Waals surface area contributed by atoms with Gasteiger partial charge in [0, 0.05) is 38.1 Å². The molecule has 0 amide bonds. The van der Waals surface area contributed by atoms with E-state index in [-0.39, 0.29) is 39.2 Å². The zero-order valence-corrected chi connectivity index (χ0v) is 44.5. The molecule has 2 aliphatic heterocycles. The first-order valence-electron chi connectivity index (χ1n) is 27.6. The van der Waals surface area contributed by atoms with Gasteiger partial charge in [-0.3, -0.25) is 0 Å². The largest absolute Gasteiger partial charge is 0.311 e. The fourth-order valence-corrected chi connectivity index (χ4v) is 12.9. The van der Waals surface area contributed by atoms with Crippen LogP contribution in [0.1, 0.15) is 166 Å². The predicted octanol–water partition coefficient (Wildman–Crippen LogP) is 16.7. The average Bonchev–Trinajstić information content (AvgIpc) is 3.33. The molecule has 0 N–H and O–H groups in total. The molecule has 2 heterocycles. The Morgan fingerprint density at radius 1 is 0.443 bits per heavy atom. The first-order chi connectivity index (χ1) is 34.1. The van der Waals surface area contributed by atoms with Crippen LogP contribution in [-0.2, 0) is 32.5 Å². The lowest BCUT2D eigenvalue weighted by Crippen LogP contribution is -2.62. The van der Waals surface area contributed by atoms with Gasteiger partial charge in [-0.05, 0) is 186 Å². The molecule has 0 bridgehead atoms. The van der Waals surface area contributed by atoms with Crippen molar-refractivity contribution in [2.45, 2.75) is 162 Å². The molecule has 0 saturated carbocycles. The number of aryl methyl sites for hydroxylation is 1. The van der Waals surface area contributed by atoms with Crippen molar-refractivity contribution < 1.29 is 4.11 Å². The van der Waals surface area contributed by atoms with E-state index in [0.717, 1.165) is 82.0 Å². The predicted molar refractivity (Wildman–Crippen MR) is 304 cm³/mol. The molecule has 0 spiro atoms. The van der Waals surface area contributed by atoms with Crippen LogP contribution in [-0.4, -0.2) is 6.71 Å². The number of hydrogen-bond donors (Lipinski definition) is 0. The Labute approximate surface area is 425 Å². The molecule has 0 radical (unpaired) electrons. The van der Waals surface area contributed by atoms with Crippen molar-refractivity contribution in [1.29, 1.82) is 0 Å². The molecule has 3 heteroatoms. The lowest BCUT2D eigenvalue weighted by molar-refractivity contribution is 0.332. The van der Waals surface area contributed by atoms with E-state index in [2.05, 4.69) is 228 Å². The van der Waals surface area contributed by atoms with E-state index in [0.29, 0.717) is 5.56 Å². The summed E-state index contributed by atoms with van der Waals surface area (Å²) < 4.78 is 27.9. The lowest BCUT2D eigenvalue weighted by Gasteiger charge is -2.48. The maximum absolute atomic E-state index is 9.32. The summed E-state index contributed by atoms with van der Waals surface area (Å²) in [6.07, 6.45) is 4.43. The molecule has 11 rings (SSSR count). The third-order valence-electron chi connectivity index (χ3n) is 17.4. The minimum atomic E-state index is -2.40. The van der Waals surface area contributed by atoms with Crippen molar-refractivity contribution >= 4 is 57.2 Å². The number of fused-ring (bicyclic) bond motifs is 6. The number of anilines is 6. The standard InChI is InChI=1S/C67H75BN2/c1-42-34-59-61-60(35-42)70(57-39-47(43-22-18-16-19-23-43)50(63(5,6)7)38-48(57)44-24-20-17-21-25-44)56-29-26-45(62(2,3)4)36-54(56)68(61)55-40-52-53(67(14,15)33-32-66(52,12)13)41-58(55)69(59)46-27-28-49-51(37-46)65(10,11)31-30-64(49,8)9/h16-29,34-41H,30-33H2,1-15H3/i1D3. The second-order valence-corrected chi connectivity index (χ2v) is 26.2. The van der Waals surface area contributed by atoms with E-state index < -0.39 is 6.85 Å². The Morgan fingerprint density at radius 3 is 1.54 bits per heavy atom. The van der Waals surface area contributed by atoms with E-state index in [4.69, 9.17) is 0 Å². The second kappa shape index (κ2) is 15.6. The molecule has 4 aliphatic rings. The van der Waals surface area contributed by atoms with Crippen LogP contribution < -0.4 is 26.2 Å². The number of benzene rings is 7. The molecule has 0 aromatic heterocycles. The van der Waals surface area contributed by atoms with Crippen LogP contribution in [0.2, 0.25) is 0 Å². The first kappa shape index (κ1) is 43.0. The van der Waals surface area contributed by atoms with Crippen molar-refractivity contribution in [3.8, 4) is 22.3 Å². The van der Waals surface area contributed by atoms with Crippen molar-refractivity contribution in [2.24, 2.45) is 0 Å². The smallest absolute Gasteiger partial charge is 0.252 e. The average molecular weight is 922 g/mol. The maximum Gasteiger partial charge on any atom is 0.252 e. The summed E-state index contributed by atoms with van der Waals surface area (Å²) in [5.41, 5.74) is 22.4. The van der Waals surface area contributed by atoms with E-state index in [9.17, 15) is 4.11 Å². The molecule has 0 saturated heterocycles. The second-order valence-electron chi connectivity index (χ2n) is 26.2. The minimum Gasteiger partial charge on any atom is -0.311 e. The summed E-state index contributed by atoms with van der Waals surface area (Å²) in [6.45, 7) is 30.6. The fraction of sp³-hybridized carbons (Fsp3) is 0.373. The van der Waals surface area contributed by atoms with Gasteiger partial charge < -0.3 is 9.80 Å². The third kappa shape index (κ3) is 7.34. The molecule has 7 aromatic carbocycles. The lowest BCUT2D eigenvalue weighted by atomic mass is 9.33. The summed E-state index contributed by atoms with van der Waals surface area (Å²) >= 11 is 0. The third-order valence-corrected chi connectivity index (χ3v) is 17.4. The maximum atomic E-state index is 9.32. The van der Waals surface area contributed by atoms with Gasteiger partial charge in [0.1, 0.15) is 0 Å². The summed E-state index contributed by atoms with van der Waals surface area (Å²) in [5, 5.41) is 0. The van der Waals surface area contributed by atoms with Crippen molar-refractivity contribution in [1.82, 2.24) is 0 Å². The Morgan fingerprint density at radius 2 is 0.971 bits per heavy atom. The van der Waals surface area contributed by atoms with Crippen LogP contribution in [0.15, 0.2) is 133 Å². The summed E-state index contributed by atoms with van der Waals surface area (Å²) in [6, 6.07) is 50.0. The molecule has 7 aromatic rings. The molecule has 2 nitrogen and oxygen atoms in total. The first-order valence-corrected chi connectivity index (χ1v) is 26.1. The van der Waals surface area contributed by atoms with E-state index in [1.165, 1.54) is 49.9 Å². The van der Waals surface area contributed by atoms with Crippen LogP contribution in [0, 0.1) is 6.85 Å². The molecule has 70 heavy (non-hydrogen) atoms. The zero-order valence-electron chi connectivity index (χ0n) is 47.5. The van der Waals surface area contributed by atoms with Crippen molar-refractivity contribution in [3.05, 3.63) is 172 Å². The van der Waals surface area contributed by atoms with Gasteiger partial charge in [0.05, 0.1) is 5.69 Å². The number of hydrogen-bond acceptors (Lipinski definition) is 2. The van der Waals surface area contributed by atoms with E-state index >= 15 is 0 Å². The van der Waals surface area contributed by atoms with Gasteiger partial charge in [-0.1, -0.05) is 182 Å². The van der Waals surface area contributed by atoms with Crippen LogP contribution in [0.3, 0.4) is 0 Å².